The molecule has 192 valence electrons. The van der Waals surface area contributed by atoms with Gasteiger partial charge < -0.3 is 14.6 Å². The van der Waals surface area contributed by atoms with E-state index in [1.165, 1.54) is 4.90 Å². The Bertz CT molecular complexity index is 1350. The molecule has 4 rings (SSSR count). The average molecular weight is 500 g/mol. The number of anilines is 1. The number of ether oxygens (including phenoxy) is 2. The number of rotatable bonds is 7. The molecule has 1 aliphatic heterocycles. The highest BCUT2D eigenvalue weighted by atomic mass is 16.5. The summed E-state index contributed by atoms with van der Waals surface area (Å²) in [4.78, 5) is 28.4. The van der Waals surface area contributed by atoms with E-state index in [0.717, 1.165) is 11.1 Å². The Hall–Kier alpha value is -4.06. The van der Waals surface area contributed by atoms with Crippen LogP contribution in [0.25, 0.3) is 5.76 Å². The van der Waals surface area contributed by atoms with Gasteiger partial charge in [-0.25, -0.2) is 0 Å². The molecule has 1 atom stereocenters. The molecular weight excluding hydrogens is 466 g/mol. The van der Waals surface area contributed by atoms with Crippen LogP contribution >= 0.6 is 0 Å². The molecule has 1 unspecified atom stereocenters. The monoisotopic (exact) mass is 499 g/mol. The van der Waals surface area contributed by atoms with Gasteiger partial charge in [0.25, 0.3) is 11.7 Å². The maximum atomic E-state index is 13.4. The van der Waals surface area contributed by atoms with Gasteiger partial charge in [-0.3, -0.25) is 14.5 Å². The maximum absolute atomic E-state index is 13.4. The lowest BCUT2D eigenvalue weighted by Crippen LogP contribution is -2.29. The second kappa shape index (κ2) is 10.5. The Balaban J connectivity index is 1.88. The van der Waals surface area contributed by atoms with Gasteiger partial charge in [0.1, 0.15) is 17.3 Å². The maximum Gasteiger partial charge on any atom is 0.300 e. The Morgan fingerprint density at radius 1 is 0.811 bits per heavy atom. The summed E-state index contributed by atoms with van der Waals surface area (Å²) in [6.45, 7) is 11.7. The first-order valence-electron chi connectivity index (χ1n) is 12.5. The summed E-state index contributed by atoms with van der Waals surface area (Å²) >= 11 is 0. The van der Waals surface area contributed by atoms with Gasteiger partial charge in [-0.2, -0.15) is 0 Å². The molecule has 1 amide bonds. The van der Waals surface area contributed by atoms with E-state index in [1.54, 1.807) is 24.3 Å². The molecule has 0 bridgehead atoms. The van der Waals surface area contributed by atoms with E-state index in [1.807, 2.05) is 84.0 Å². The van der Waals surface area contributed by atoms with Crippen molar-refractivity contribution in [2.24, 2.45) is 0 Å². The molecule has 6 nitrogen and oxygen atoms in total. The number of amides is 1. The number of hydrogen-bond acceptors (Lipinski definition) is 5. The number of nitrogens with zero attached hydrogens (tertiary/aromatic N) is 1. The third kappa shape index (κ3) is 5.38. The van der Waals surface area contributed by atoms with E-state index in [4.69, 9.17) is 9.47 Å². The van der Waals surface area contributed by atoms with Crippen LogP contribution in [0.5, 0.6) is 11.5 Å². The summed E-state index contributed by atoms with van der Waals surface area (Å²) in [5.41, 5.74) is 3.78. The summed E-state index contributed by atoms with van der Waals surface area (Å²) in [5, 5.41) is 11.4. The lowest BCUT2D eigenvalue weighted by atomic mass is 9.94. The minimum Gasteiger partial charge on any atom is -0.507 e. The fraction of sp³-hybridized carbons (Fsp3) is 0.290. The summed E-state index contributed by atoms with van der Waals surface area (Å²) in [5.74, 6) is -0.394. The van der Waals surface area contributed by atoms with Crippen LogP contribution in [0.2, 0.25) is 0 Å². The van der Waals surface area contributed by atoms with Gasteiger partial charge in [0.15, 0.2) is 0 Å². The molecule has 3 aromatic rings. The SMILES string of the molecule is Cc1ccc(N2C(=O)C(=O)/C(=C(/O)c3ccc(OC(C)C)cc3)C2c2cccc(OC(C)C)c2)cc1C. The normalized spacial score (nSPS) is 17.1. The van der Waals surface area contributed by atoms with Crippen LogP contribution in [-0.4, -0.2) is 29.0 Å². The van der Waals surface area contributed by atoms with Crippen LogP contribution in [-0.2, 0) is 9.59 Å². The Morgan fingerprint density at radius 3 is 2.08 bits per heavy atom. The third-order valence-corrected chi connectivity index (χ3v) is 6.26. The molecule has 1 aliphatic rings. The molecule has 1 saturated heterocycles. The van der Waals surface area contributed by atoms with Gasteiger partial charge in [-0.15, -0.1) is 0 Å². The molecule has 0 saturated carbocycles. The number of aliphatic hydroxyl groups is 1. The standard InChI is InChI=1S/C31H33NO5/c1-18(2)36-25-14-11-22(12-15-25)29(33)27-28(23-8-7-9-26(17-23)37-19(3)4)32(31(35)30(27)34)24-13-10-20(5)21(6)16-24/h7-19,28,33H,1-6H3/b29-27+. The molecular formula is C31H33NO5. The number of hydrogen-bond donors (Lipinski definition) is 1. The van der Waals surface area contributed by atoms with Crippen molar-refractivity contribution < 1.29 is 24.2 Å². The summed E-state index contributed by atoms with van der Waals surface area (Å²) < 4.78 is 11.6. The zero-order valence-corrected chi connectivity index (χ0v) is 22.1. The molecule has 0 spiro atoms. The average Bonchev–Trinajstić information content (AvgIpc) is 3.11. The van der Waals surface area contributed by atoms with Gasteiger partial charge in [0, 0.05) is 11.3 Å². The van der Waals surface area contributed by atoms with E-state index >= 15 is 0 Å². The summed E-state index contributed by atoms with van der Waals surface area (Å²) in [7, 11) is 0. The second-order valence-corrected chi connectivity index (χ2v) is 9.87. The fourth-order valence-corrected chi connectivity index (χ4v) is 4.44. The van der Waals surface area contributed by atoms with Crippen LogP contribution in [0, 0.1) is 13.8 Å². The first-order valence-corrected chi connectivity index (χ1v) is 12.5. The molecule has 6 heteroatoms. The predicted octanol–water partition coefficient (Wildman–Crippen LogP) is 6.50. The highest BCUT2D eigenvalue weighted by Gasteiger charge is 2.47. The Labute approximate surface area is 218 Å². The lowest BCUT2D eigenvalue weighted by molar-refractivity contribution is -0.132. The minimum absolute atomic E-state index is 0.00284. The third-order valence-electron chi connectivity index (χ3n) is 6.26. The quantitative estimate of drug-likeness (QED) is 0.228. The fourth-order valence-electron chi connectivity index (χ4n) is 4.44. The van der Waals surface area contributed by atoms with Gasteiger partial charge >= 0.3 is 0 Å². The van der Waals surface area contributed by atoms with E-state index in [2.05, 4.69) is 0 Å². The number of aliphatic hydroxyl groups excluding tert-OH is 1. The van der Waals surface area contributed by atoms with Crippen molar-refractivity contribution in [3.05, 3.63) is 94.6 Å². The number of benzene rings is 3. The minimum atomic E-state index is -0.829. The van der Waals surface area contributed by atoms with Crippen molar-refractivity contribution in [1.82, 2.24) is 0 Å². The van der Waals surface area contributed by atoms with Crippen molar-refractivity contribution in [2.75, 3.05) is 4.90 Å². The van der Waals surface area contributed by atoms with Crippen LogP contribution in [0.4, 0.5) is 5.69 Å². The van der Waals surface area contributed by atoms with Crippen molar-refractivity contribution in [3.63, 3.8) is 0 Å². The largest absolute Gasteiger partial charge is 0.507 e. The second-order valence-electron chi connectivity index (χ2n) is 9.87. The summed E-state index contributed by atoms with van der Waals surface area (Å²) in [6.07, 6.45) is -0.0454. The van der Waals surface area contributed by atoms with Gasteiger partial charge in [0.2, 0.25) is 0 Å². The Kier molecular flexibility index (Phi) is 7.39. The molecule has 0 aromatic heterocycles. The molecule has 0 radical (unpaired) electrons. The highest BCUT2D eigenvalue weighted by Crippen LogP contribution is 2.43. The van der Waals surface area contributed by atoms with Gasteiger partial charge in [-0.05, 0) is 107 Å². The molecule has 0 aliphatic carbocycles. The molecule has 37 heavy (non-hydrogen) atoms. The predicted molar refractivity (Wildman–Crippen MR) is 145 cm³/mol. The lowest BCUT2D eigenvalue weighted by Gasteiger charge is -2.26. The number of carbonyl (C=O) groups is 2. The van der Waals surface area contributed by atoms with Crippen LogP contribution < -0.4 is 14.4 Å². The molecule has 1 fully saturated rings. The number of aryl methyl sites for hydroxylation is 2. The smallest absolute Gasteiger partial charge is 0.300 e. The topological polar surface area (TPSA) is 76.1 Å². The van der Waals surface area contributed by atoms with Crippen molar-refractivity contribution in [1.29, 1.82) is 0 Å². The number of Topliss-reactive ketones (excluding diaryl/α,β-unsaturated/α-hetero) is 1. The first-order chi connectivity index (χ1) is 17.6. The number of ketones is 1. The first kappa shape index (κ1) is 26.0. The van der Waals surface area contributed by atoms with E-state index in [0.29, 0.717) is 28.3 Å². The summed E-state index contributed by atoms with van der Waals surface area (Å²) in [6, 6.07) is 19.0. The molecule has 1 heterocycles. The van der Waals surface area contributed by atoms with Crippen LogP contribution in [0.3, 0.4) is 0 Å². The van der Waals surface area contributed by atoms with Gasteiger partial charge in [-0.1, -0.05) is 18.2 Å². The van der Waals surface area contributed by atoms with Crippen molar-refractivity contribution in [2.45, 2.75) is 59.8 Å². The van der Waals surface area contributed by atoms with E-state index in [-0.39, 0.29) is 23.5 Å². The van der Waals surface area contributed by atoms with Gasteiger partial charge in [0.05, 0.1) is 23.8 Å². The van der Waals surface area contributed by atoms with Crippen molar-refractivity contribution in [3.8, 4) is 11.5 Å². The zero-order valence-electron chi connectivity index (χ0n) is 22.1. The zero-order chi connectivity index (χ0) is 26.9. The highest BCUT2D eigenvalue weighted by molar-refractivity contribution is 6.51. The van der Waals surface area contributed by atoms with Crippen LogP contribution in [0.1, 0.15) is 56.0 Å². The number of carbonyl (C=O) groups excluding carboxylic acids is 2. The van der Waals surface area contributed by atoms with E-state index < -0.39 is 17.7 Å². The molecule has 1 N–H and O–H groups in total. The Morgan fingerprint density at radius 2 is 1.46 bits per heavy atom. The van der Waals surface area contributed by atoms with Crippen LogP contribution in [0.15, 0.2) is 72.3 Å². The van der Waals surface area contributed by atoms with Crippen molar-refractivity contribution >= 4 is 23.1 Å². The van der Waals surface area contributed by atoms with E-state index in [9.17, 15) is 14.7 Å². The molecule has 3 aromatic carbocycles.